The Labute approximate surface area is 221 Å². The van der Waals surface area contributed by atoms with Gasteiger partial charge in [-0.2, -0.15) is 0 Å². The minimum Gasteiger partial charge on any atom is -0.374 e. The monoisotopic (exact) mass is 585 g/mol. The predicted octanol–water partition coefficient (Wildman–Crippen LogP) is 3.01. The van der Waals surface area contributed by atoms with Gasteiger partial charge in [0.15, 0.2) is 0 Å². The van der Waals surface area contributed by atoms with E-state index < -0.39 is 29.7 Å². The van der Waals surface area contributed by atoms with Crippen LogP contribution in [0.3, 0.4) is 0 Å². The Morgan fingerprint density at radius 2 is 1.89 bits per heavy atom. The minimum atomic E-state index is -2.93. The third-order valence-corrected chi connectivity index (χ3v) is 8.05. The number of benzene rings is 1. The highest BCUT2D eigenvalue weighted by Gasteiger charge is 2.42. The second-order valence-corrected chi connectivity index (χ2v) is 11.3. The fourth-order valence-electron chi connectivity index (χ4n) is 5.87. The van der Waals surface area contributed by atoms with Gasteiger partial charge in [-0.3, -0.25) is 19.7 Å². The number of fused-ring (bicyclic) bond motifs is 2. The molecule has 2 amide bonds. The van der Waals surface area contributed by atoms with Gasteiger partial charge >= 0.3 is 0 Å². The smallest absolute Gasteiger partial charge is 0.294 e. The summed E-state index contributed by atoms with van der Waals surface area (Å²) in [7, 11) is 0. The molecule has 202 valence electrons. The van der Waals surface area contributed by atoms with Crippen molar-refractivity contribution in [1.82, 2.24) is 15.1 Å². The van der Waals surface area contributed by atoms with E-state index in [1.54, 1.807) is 15.9 Å². The van der Waals surface area contributed by atoms with E-state index in [1.165, 1.54) is 6.07 Å². The number of hydrogen-bond donors (Lipinski definition) is 2. The molecule has 5 rings (SSSR count). The zero-order valence-electron chi connectivity index (χ0n) is 20.3. The maximum Gasteiger partial charge on any atom is 0.294 e. The van der Waals surface area contributed by atoms with Crippen LogP contribution in [0.15, 0.2) is 16.6 Å². The number of likely N-dealkylation sites (tertiary alicyclic amines) is 2. The zero-order valence-corrected chi connectivity index (χ0v) is 21.8. The highest BCUT2D eigenvalue weighted by atomic mass is 79.9. The average Bonchev–Trinajstić information content (AvgIpc) is 3.20. The summed E-state index contributed by atoms with van der Waals surface area (Å²) >= 11 is 3.30. The summed E-state index contributed by atoms with van der Waals surface area (Å²) in [5.41, 5.74) is 0.0534. The van der Waals surface area contributed by atoms with Gasteiger partial charge in [0, 0.05) is 55.7 Å². The minimum absolute atomic E-state index is 0.0270. The molecule has 2 N–H and O–H groups in total. The number of piperidine rings is 2. The third kappa shape index (κ3) is 5.73. The van der Waals surface area contributed by atoms with Crippen molar-refractivity contribution in [2.24, 2.45) is 5.92 Å². The fraction of sp³-hybridized carbons (Fsp3) is 0.667. The van der Waals surface area contributed by atoms with Crippen LogP contribution in [0, 0.1) is 16.0 Å². The van der Waals surface area contributed by atoms with E-state index in [0.717, 1.165) is 12.8 Å². The van der Waals surface area contributed by atoms with Gasteiger partial charge in [0.05, 0.1) is 35.2 Å². The Balaban J connectivity index is 1.36. The molecule has 4 heterocycles. The number of ether oxygens (including phenoxy) is 1. The Bertz CT molecular complexity index is 1080. The molecule has 4 aliphatic rings. The molecule has 0 saturated carbocycles. The first-order chi connectivity index (χ1) is 17.6. The number of nitrogens with zero attached hydrogens (tertiary/aromatic N) is 3. The van der Waals surface area contributed by atoms with Gasteiger partial charge in [-0.1, -0.05) is 15.9 Å². The quantitative estimate of drug-likeness (QED) is 0.403. The maximum atomic E-state index is 13.9. The fourth-order valence-corrected chi connectivity index (χ4v) is 6.32. The van der Waals surface area contributed by atoms with E-state index in [9.17, 15) is 28.5 Å². The number of hydrogen-bond acceptors (Lipinski definition) is 7. The van der Waals surface area contributed by atoms with Gasteiger partial charge in [-0.05, 0) is 31.7 Å². The van der Waals surface area contributed by atoms with Crippen molar-refractivity contribution in [3.63, 3.8) is 0 Å². The maximum absolute atomic E-state index is 13.9. The average molecular weight is 586 g/mol. The lowest BCUT2D eigenvalue weighted by Crippen LogP contribution is -2.53. The Hall–Kier alpha value is -2.38. The van der Waals surface area contributed by atoms with E-state index in [1.807, 2.05) is 0 Å². The van der Waals surface area contributed by atoms with Crippen LogP contribution in [-0.4, -0.2) is 90.0 Å². The molecule has 10 nitrogen and oxygen atoms in total. The van der Waals surface area contributed by atoms with Crippen LogP contribution < -0.4 is 10.6 Å². The predicted molar refractivity (Wildman–Crippen MR) is 134 cm³/mol. The molecule has 0 spiro atoms. The standard InChI is InChI=1S/C24H30BrF2N5O5/c25-15-6-19(23(34)31-11-17-3-4-18(12-31)37-17)21(20(7-15)32(35)36)29-16-2-1-5-30(10-16)22(33)14-8-24(26,27)13-28-9-14/h6-7,14,16-18,28-29H,1-5,8-13H2/t14-,16-,17?,18?/m1/s1. The van der Waals surface area contributed by atoms with Crippen molar-refractivity contribution in [3.8, 4) is 0 Å². The lowest BCUT2D eigenvalue weighted by atomic mass is 9.94. The Morgan fingerprint density at radius 1 is 1.16 bits per heavy atom. The van der Waals surface area contributed by atoms with Gasteiger partial charge in [0.25, 0.3) is 17.5 Å². The highest BCUT2D eigenvalue weighted by Crippen LogP contribution is 2.36. The number of carbonyl (C=O) groups is 2. The molecule has 0 aliphatic carbocycles. The van der Waals surface area contributed by atoms with Crippen LogP contribution in [0.2, 0.25) is 0 Å². The Morgan fingerprint density at radius 3 is 2.57 bits per heavy atom. The summed E-state index contributed by atoms with van der Waals surface area (Å²) in [6.07, 6.45) is 2.44. The van der Waals surface area contributed by atoms with Gasteiger partial charge in [0.1, 0.15) is 5.69 Å². The number of nitro benzene ring substituents is 1. The number of carbonyl (C=O) groups excluding carboxylic acids is 2. The number of morpholine rings is 1. The van der Waals surface area contributed by atoms with Gasteiger partial charge in [-0.15, -0.1) is 0 Å². The van der Waals surface area contributed by atoms with E-state index in [0.29, 0.717) is 36.9 Å². The van der Waals surface area contributed by atoms with Gasteiger partial charge in [-0.25, -0.2) is 8.78 Å². The molecule has 4 saturated heterocycles. The molecule has 4 fully saturated rings. The molecule has 1 aromatic rings. The summed E-state index contributed by atoms with van der Waals surface area (Å²) in [6, 6.07) is 2.56. The van der Waals surface area contributed by atoms with Crippen LogP contribution in [0.4, 0.5) is 20.2 Å². The largest absolute Gasteiger partial charge is 0.374 e. The van der Waals surface area contributed by atoms with Crippen LogP contribution in [-0.2, 0) is 9.53 Å². The number of nitro groups is 1. The second kappa shape index (κ2) is 10.4. The number of nitrogens with one attached hydrogen (secondary N) is 2. The molecule has 13 heteroatoms. The van der Waals surface area contributed by atoms with Crippen molar-refractivity contribution >= 4 is 39.1 Å². The van der Waals surface area contributed by atoms with E-state index in [-0.39, 0.29) is 60.1 Å². The van der Waals surface area contributed by atoms with E-state index in [4.69, 9.17) is 4.74 Å². The molecule has 2 unspecified atom stereocenters. The van der Waals surface area contributed by atoms with Crippen molar-refractivity contribution < 1.29 is 28.0 Å². The van der Waals surface area contributed by atoms with Crippen molar-refractivity contribution in [1.29, 1.82) is 0 Å². The van der Waals surface area contributed by atoms with Crippen LogP contribution in [0.1, 0.15) is 42.5 Å². The molecule has 0 aromatic heterocycles. The molecule has 37 heavy (non-hydrogen) atoms. The topological polar surface area (TPSA) is 117 Å². The van der Waals surface area contributed by atoms with E-state index >= 15 is 0 Å². The second-order valence-electron chi connectivity index (χ2n) is 10.4. The molecule has 0 radical (unpaired) electrons. The van der Waals surface area contributed by atoms with Gasteiger partial charge < -0.3 is 25.2 Å². The molecule has 2 bridgehead atoms. The molecule has 4 atom stereocenters. The summed E-state index contributed by atoms with van der Waals surface area (Å²) < 4.78 is 34.0. The third-order valence-electron chi connectivity index (χ3n) is 7.59. The van der Waals surface area contributed by atoms with Crippen LogP contribution in [0.25, 0.3) is 0 Å². The molecule has 4 aliphatic heterocycles. The summed E-state index contributed by atoms with van der Waals surface area (Å²) in [6.45, 7) is 1.27. The van der Waals surface area contributed by atoms with Gasteiger partial charge in [0.2, 0.25) is 5.91 Å². The summed E-state index contributed by atoms with van der Waals surface area (Å²) in [5, 5.41) is 17.8. The normalized spacial score (nSPS) is 29.2. The lowest BCUT2D eigenvalue weighted by Gasteiger charge is -2.38. The zero-order chi connectivity index (χ0) is 26.3. The molecular formula is C24H30BrF2N5O5. The SMILES string of the molecule is O=C(c1cc(Br)cc([N+](=O)[O-])c1N[C@@H]1CCCN(C(=O)[C@H]2CNCC(F)(F)C2)C1)N1CC2CCC(C1)O2. The number of halogens is 3. The number of alkyl halides is 2. The summed E-state index contributed by atoms with van der Waals surface area (Å²) in [4.78, 5) is 41.3. The number of amides is 2. The van der Waals surface area contributed by atoms with Crippen molar-refractivity contribution in [3.05, 3.63) is 32.3 Å². The first-order valence-electron chi connectivity index (χ1n) is 12.7. The first-order valence-corrected chi connectivity index (χ1v) is 13.5. The molecular weight excluding hydrogens is 556 g/mol. The number of anilines is 1. The Kier molecular flexibility index (Phi) is 7.38. The highest BCUT2D eigenvalue weighted by molar-refractivity contribution is 9.10. The first kappa shape index (κ1) is 26.2. The van der Waals surface area contributed by atoms with E-state index in [2.05, 4.69) is 26.6 Å². The van der Waals surface area contributed by atoms with Crippen LogP contribution >= 0.6 is 15.9 Å². The van der Waals surface area contributed by atoms with Crippen molar-refractivity contribution in [2.75, 3.05) is 44.6 Å². The van der Waals surface area contributed by atoms with Crippen molar-refractivity contribution in [2.45, 2.75) is 56.3 Å². The van der Waals surface area contributed by atoms with Crippen LogP contribution in [0.5, 0.6) is 0 Å². The number of rotatable bonds is 5. The molecule has 1 aromatic carbocycles. The lowest BCUT2D eigenvalue weighted by molar-refractivity contribution is -0.384. The summed E-state index contributed by atoms with van der Waals surface area (Å²) in [5.74, 6) is -4.41.